The van der Waals surface area contributed by atoms with Gasteiger partial charge in [0, 0.05) is 0 Å². The van der Waals surface area contributed by atoms with Crippen LogP contribution in [0.1, 0.15) is 1.43 Å². The Kier molecular flexibility index (Phi) is 19.7. The van der Waals surface area contributed by atoms with Crippen LogP contribution in [0.2, 0.25) is 0 Å². The first-order valence-electron chi connectivity index (χ1n) is 1.43. The first kappa shape index (κ1) is 16.1. The third kappa shape index (κ3) is 10000. The minimum Gasteiger partial charge on any atom is -1.00 e. The number of primary amides is 2. The predicted octanol–water partition coefficient (Wildman–Crippen LogP) is -3.64. The molecule has 0 radical (unpaired) electrons. The molecule has 0 fully saturated rings. The second kappa shape index (κ2) is 11.0. The number of rotatable bonds is 0. The van der Waals surface area contributed by atoms with Crippen LogP contribution in [0.5, 0.6) is 0 Å². The zero-order valence-corrected chi connectivity index (χ0v) is 7.99. The molecule has 0 aliphatic heterocycles. The van der Waals surface area contributed by atoms with Gasteiger partial charge in [0.05, 0.1) is 0 Å². The Morgan fingerprint density at radius 3 is 1.22 bits per heavy atom. The maximum Gasteiger partial charge on any atom is 1.00 e. The number of carboxylic acid groups (broad SMARTS) is 2. The number of hydrogen-bond acceptors (Lipinski definition) is 2. The van der Waals surface area contributed by atoms with Crippen LogP contribution in [0.3, 0.4) is 0 Å². The largest absolute Gasteiger partial charge is 1.00 e. The minimum absolute atomic E-state index is 0. The summed E-state index contributed by atoms with van der Waals surface area (Å²) in [7, 11) is 0. The molecule has 7 heteroatoms. The SMILES string of the molecule is NC(N)=O.O=C(O)O.[H-].[K+]. The Morgan fingerprint density at radius 2 is 1.22 bits per heavy atom. The molecule has 0 heterocycles. The zero-order chi connectivity index (χ0) is 7.15. The Morgan fingerprint density at radius 1 is 1.22 bits per heavy atom. The molecule has 0 spiro atoms. The third-order valence-corrected chi connectivity index (χ3v) is 0. The van der Waals surface area contributed by atoms with Crippen LogP contribution in [-0.4, -0.2) is 22.4 Å². The van der Waals surface area contributed by atoms with Gasteiger partial charge in [-0.1, -0.05) is 0 Å². The van der Waals surface area contributed by atoms with Gasteiger partial charge in [0.25, 0.3) is 0 Å². The number of hydrogen-bond donors (Lipinski definition) is 4. The Hall–Kier alpha value is 0.176. The van der Waals surface area contributed by atoms with Crippen molar-refractivity contribution < 1.29 is 72.6 Å². The van der Waals surface area contributed by atoms with Gasteiger partial charge in [-0.2, -0.15) is 0 Å². The first-order valence-corrected chi connectivity index (χ1v) is 1.43. The molecule has 0 aromatic rings. The van der Waals surface area contributed by atoms with Crippen LogP contribution in [0.4, 0.5) is 9.59 Å². The van der Waals surface area contributed by atoms with E-state index in [1.54, 1.807) is 0 Å². The van der Waals surface area contributed by atoms with Gasteiger partial charge in [0.2, 0.25) is 0 Å². The average Bonchev–Trinajstić information content (AvgIpc) is 1.25. The molecule has 9 heavy (non-hydrogen) atoms. The van der Waals surface area contributed by atoms with Gasteiger partial charge in [-0.3, -0.25) is 0 Å². The van der Waals surface area contributed by atoms with E-state index < -0.39 is 12.2 Å². The molecule has 0 saturated carbocycles. The number of carbonyl (C=O) groups is 2. The van der Waals surface area contributed by atoms with Crippen molar-refractivity contribution in [3.8, 4) is 0 Å². The van der Waals surface area contributed by atoms with E-state index in [1.807, 2.05) is 0 Å². The maximum atomic E-state index is 9.00. The summed E-state index contributed by atoms with van der Waals surface area (Å²) >= 11 is 0. The molecule has 0 aromatic carbocycles. The molecule has 50 valence electrons. The maximum absolute atomic E-state index is 9.00. The van der Waals surface area contributed by atoms with Crippen LogP contribution in [-0.2, 0) is 0 Å². The third-order valence-electron chi connectivity index (χ3n) is 0. The van der Waals surface area contributed by atoms with Gasteiger partial charge < -0.3 is 23.1 Å². The van der Waals surface area contributed by atoms with Gasteiger partial charge in [-0.15, -0.1) is 0 Å². The fourth-order valence-electron chi connectivity index (χ4n) is 0. The topological polar surface area (TPSA) is 127 Å². The van der Waals surface area contributed by atoms with Gasteiger partial charge in [0.1, 0.15) is 0 Å². The first-order chi connectivity index (χ1) is 3.46. The molecule has 0 bridgehead atoms. The van der Waals surface area contributed by atoms with Crippen LogP contribution >= 0.6 is 0 Å². The van der Waals surface area contributed by atoms with Crippen molar-refractivity contribution in [1.29, 1.82) is 0 Å². The minimum atomic E-state index is -1.83. The summed E-state index contributed by atoms with van der Waals surface area (Å²) < 4.78 is 0. The van der Waals surface area contributed by atoms with Crippen molar-refractivity contribution in [3.05, 3.63) is 0 Å². The van der Waals surface area contributed by atoms with E-state index >= 15 is 0 Å². The summed E-state index contributed by atoms with van der Waals surface area (Å²) in [6, 6.07) is -0.833. The van der Waals surface area contributed by atoms with Crippen LogP contribution in [0.15, 0.2) is 0 Å². The fraction of sp³-hybridized carbons (Fsp3) is 0. The Labute approximate surface area is 95.1 Å². The average molecular weight is 162 g/mol. The molecule has 2 amide bonds. The van der Waals surface area contributed by atoms with Gasteiger partial charge >= 0.3 is 63.6 Å². The second-order valence-electron chi connectivity index (χ2n) is 0.685. The molecule has 0 atom stereocenters. The zero-order valence-electron chi connectivity index (χ0n) is 5.87. The molecule has 0 rings (SSSR count). The summed E-state index contributed by atoms with van der Waals surface area (Å²) in [6.45, 7) is 0. The quantitative estimate of drug-likeness (QED) is 0.274. The number of urea groups is 1. The number of carbonyl (C=O) groups excluding carboxylic acids is 1. The number of nitrogens with two attached hydrogens (primary N) is 2. The molecular weight excluding hydrogens is 155 g/mol. The van der Waals surface area contributed by atoms with Gasteiger partial charge in [-0.25, -0.2) is 9.59 Å². The van der Waals surface area contributed by atoms with Crippen molar-refractivity contribution >= 4 is 12.2 Å². The van der Waals surface area contributed by atoms with Crippen molar-refractivity contribution in [2.75, 3.05) is 0 Å². The van der Waals surface area contributed by atoms with Crippen molar-refractivity contribution in [2.24, 2.45) is 11.5 Å². The normalized spacial score (nSPS) is 5.33. The summed E-state index contributed by atoms with van der Waals surface area (Å²) in [5.74, 6) is 0. The van der Waals surface area contributed by atoms with Crippen molar-refractivity contribution in [1.82, 2.24) is 0 Å². The summed E-state index contributed by atoms with van der Waals surface area (Å²) in [5.41, 5.74) is 8.50. The molecule has 0 aromatic heterocycles. The molecule has 6 nitrogen and oxygen atoms in total. The molecule has 0 aliphatic carbocycles. The molecule has 0 unspecified atom stereocenters. The monoisotopic (exact) mass is 162 g/mol. The van der Waals surface area contributed by atoms with Crippen LogP contribution in [0.25, 0.3) is 0 Å². The Balaban J connectivity index is -0.0000000300. The smallest absolute Gasteiger partial charge is 1.00 e. The van der Waals surface area contributed by atoms with E-state index in [2.05, 4.69) is 11.5 Å². The van der Waals surface area contributed by atoms with E-state index in [1.165, 1.54) is 0 Å². The molecular formula is C2H7KN2O4. The van der Waals surface area contributed by atoms with Crippen molar-refractivity contribution in [3.63, 3.8) is 0 Å². The van der Waals surface area contributed by atoms with Crippen molar-refractivity contribution in [2.45, 2.75) is 0 Å². The van der Waals surface area contributed by atoms with E-state index in [-0.39, 0.29) is 52.8 Å². The molecule has 0 saturated heterocycles. The van der Waals surface area contributed by atoms with Gasteiger partial charge in [-0.05, 0) is 0 Å². The molecule has 6 N–H and O–H groups in total. The van der Waals surface area contributed by atoms with E-state index in [0.29, 0.717) is 0 Å². The van der Waals surface area contributed by atoms with E-state index in [4.69, 9.17) is 19.8 Å². The fourth-order valence-corrected chi connectivity index (χ4v) is 0. The summed E-state index contributed by atoms with van der Waals surface area (Å²) in [5, 5.41) is 13.9. The summed E-state index contributed by atoms with van der Waals surface area (Å²) in [4.78, 5) is 17.6. The Bertz CT molecular complexity index is 79.3. The second-order valence-corrected chi connectivity index (χ2v) is 0.685. The molecule has 0 aliphatic rings. The van der Waals surface area contributed by atoms with E-state index in [0.717, 1.165) is 0 Å². The van der Waals surface area contributed by atoms with Crippen LogP contribution < -0.4 is 62.9 Å². The predicted molar refractivity (Wildman–Crippen MR) is 25.5 cm³/mol. The standard InChI is InChI=1S/CH4N2O.CH2O3.K.H/c2*2-1(3)4;;/h(H4,2,3,4);(H2,2,3,4);;/q;;+1;-1. The van der Waals surface area contributed by atoms with Crippen LogP contribution in [0, 0.1) is 0 Å². The van der Waals surface area contributed by atoms with E-state index in [9.17, 15) is 0 Å². The number of amides is 2. The van der Waals surface area contributed by atoms with Gasteiger partial charge in [0.15, 0.2) is 0 Å². The summed E-state index contributed by atoms with van der Waals surface area (Å²) in [6.07, 6.45) is -1.83.